The summed E-state index contributed by atoms with van der Waals surface area (Å²) in [5, 5.41) is 3.47. The van der Waals surface area contributed by atoms with E-state index in [4.69, 9.17) is 0 Å². The average Bonchev–Trinajstić information content (AvgIpc) is 2.36. The Kier molecular flexibility index (Phi) is 5.67. The Morgan fingerprint density at radius 3 is 1.85 bits per heavy atom. The fourth-order valence-corrected chi connectivity index (χ4v) is 5.93. The lowest BCUT2D eigenvalue weighted by atomic mass is 9.49. The fourth-order valence-electron chi connectivity index (χ4n) is 5.93. The molecule has 4 aliphatic carbocycles. The summed E-state index contributed by atoms with van der Waals surface area (Å²) in [6, 6.07) is 0. The van der Waals surface area contributed by atoms with Crippen LogP contribution in [-0.4, -0.2) is 37.6 Å². The first kappa shape index (κ1) is 16.9. The molecule has 0 radical (unpaired) electrons. The zero-order valence-electron chi connectivity index (χ0n) is 12.5. The summed E-state index contributed by atoms with van der Waals surface area (Å²) in [7, 11) is 0. The second-order valence-electron chi connectivity index (χ2n) is 7.76. The Morgan fingerprint density at radius 2 is 1.35 bits per heavy atom. The van der Waals surface area contributed by atoms with Crippen molar-refractivity contribution in [3.05, 3.63) is 0 Å². The van der Waals surface area contributed by atoms with Crippen LogP contribution in [0.4, 0.5) is 0 Å². The Bertz CT molecular complexity index is 280. The lowest BCUT2D eigenvalue weighted by Gasteiger charge is -2.57. The topological polar surface area (TPSA) is 15.3 Å². The van der Waals surface area contributed by atoms with E-state index < -0.39 is 0 Å². The zero-order chi connectivity index (χ0) is 12.0. The van der Waals surface area contributed by atoms with Crippen LogP contribution in [0.5, 0.6) is 0 Å². The lowest BCUT2D eigenvalue weighted by Crippen LogP contribution is -2.49. The third kappa shape index (κ3) is 3.29. The summed E-state index contributed by atoms with van der Waals surface area (Å²) in [6.45, 7) is 6.37. The van der Waals surface area contributed by atoms with Crippen molar-refractivity contribution in [3.8, 4) is 0 Å². The number of piperazine rings is 1. The first-order chi connectivity index (χ1) is 8.81. The molecule has 0 atom stereocenters. The SMILES string of the molecule is C1CN(CCC23CC4CC(CC(C4)C2)C3)CCN1.Cl.Cl. The molecule has 0 unspecified atom stereocenters. The quantitative estimate of drug-likeness (QED) is 0.858. The van der Waals surface area contributed by atoms with E-state index in [9.17, 15) is 0 Å². The second-order valence-corrected chi connectivity index (χ2v) is 7.76. The number of hydrogen-bond acceptors (Lipinski definition) is 2. The highest BCUT2D eigenvalue weighted by Crippen LogP contribution is 2.61. The summed E-state index contributed by atoms with van der Waals surface area (Å²) < 4.78 is 0. The maximum Gasteiger partial charge on any atom is 0.0107 e. The number of nitrogens with one attached hydrogen (secondary N) is 1. The van der Waals surface area contributed by atoms with Gasteiger partial charge in [0.25, 0.3) is 0 Å². The van der Waals surface area contributed by atoms with Crippen molar-refractivity contribution in [2.45, 2.75) is 44.9 Å². The van der Waals surface area contributed by atoms with Crippen LogP contribution in [0.2, 0.25) is 0 Å². The van der Waals surface area contributed by atoms with Crippen LogP contribution < -0.4 is 5.32 Å². The minimum Gasteiger partial charge on any atom is -0.314 e. The third-order valence-corrected chi connectivity index (χ3v) is 6.33. The standard InChI is InChI=1S/C16H28N2.2ClH/c1(4-18-5-2-17-3-6-18)16-10-13-7-14(11-16)9-15(8-13)12-16;;/h13-15,17H,1-12H2;2*1H. The van der Waals surface area contributed by atoms with Gasteiger partial charge in [-0.05, 0) is 74.7 Å². The van der Waals surface area contributed by atoms with Gasteiger partial charge < -0.3 is 10.2 Å². The molecule has 1 aliphatic heterocycles. The van der Waals surface area contributed by atoms with Gasteiger partial charge in [-0.25, -0.2) is 0 Å². The van der Waals surface area contributed by atoms with Crippen molar-refractivity contribution in [1.82, 2.24) is 10.2 Å². The number of hydrogen-bond donors (Lipinski definition) is 1. The van der Waals surface area contributed by atoms with Gasteiger partial charge in [0.1, 0.15) is 0 Å². The molecule has 118 valence electrons. The summed E-state index contributed by atoms with van der Waals surface area (Å²) in [5.74, 6) is 3.37. The van der Waals surface area contributed by atoms with Crippen molar-refractivity contribution < 1.29 is 0 Å². The highest BCUT2D eigenvalue weighted by Gasteiger charge is 2.50. The first-order valence-corrected chi connectivity index (χ1v) is 8.24. The minimum absolute atomic E-state index is 0. The van der Waals surface area contributed by atoms with Crippen molar-refractivity contribution in [2.24, 2.45) is 23.2 Å². The number of halogens is 2. The van der Waals surface area contributed by atoms with Crippen molar-refractivity contribution in [2.75, 3.05) is 32.7 Å². The molecule has 5 aliphatic rings. The summed E-state index contributed by atoms with van der Waals surface area (Å²) in [6.07, 6.45) is 11.0. The van der Waals surface area contributed by atoms with Gasteiger partial charge >= 0.3 is 0 Å². The van der Waals surface area contributed by atoms with E-state index in [2.05, 4.69) is 10.2 Å². The van der Waals surface area contributed by atoms with Crippen LogP contribution in [0, 0.1) is 23.2 Å². The molecule has 2 nitrogen and oxygen atoms in total. The van der Waals surface area contributed by atoms with E-state index >= 15 is 0 Å². The molecule has 20 heavy (non-hydrogen) atoms. The molecule has 4 saturated carbocycles. The molecular formula is C16H30Cl2N2. The van der Waals surface area contributed by atoms with Crippen LogP contribution in [-0.2, 0) is 0 Å². The minimum atomic E-state index is 0. The van der Waals surface area contributed by atoms with Gasteiger partial charge in [-0.3, -0.25) is 0 Å². The van der Waals surface area contributed by atoms with Gasteiger partial charge in [0, 0.05) is 26.2 Å². The molecule has 5 fully saturated rings. The molecule has 4 heteroatoms. The molecule has 1 heterocycles. The second kappa shape index (κ2) is 6.73. The van der Waals surface area contributed by atoms with Gasteiger partial charge in [0.15, 0.2) is 0 Å². The molecule has 1 N–H and O–H groups in total. The number of rotatable bonds is 3. The molecule has 0 aromatic rings. The third-order valence-electron chi connectivity index (χ3n) is 6.33. The summed E-state index contributed by atoms with van der Waals surface area (Å²) in [5.41, 5.74) is 0.791. The molecule has 4 bridgehead atoms. The maximum absolute atomic E-state index is 3.47. The Labute approximate surface area is 136 Å². The smallest absolute Gasteiger partial charge is 0.0107 e. The van der Waals surface area contributed by atoms with Crippen molar-refractivity contribution >= 4 is 24.8 Å². The van der Waals surface area contributed by atoms with E-state index in [-0.39, 0.29) is 24.8 Å². The maximum atomic E-state index is 3.47. The highest BCUT2D eigenvalue weighted by molar-refractivity contribution is 5.85. The van der Waals surface area contributed by atoms with Gasteiger partial charge in [0.2, 0.25) is 0 Å². The van der Waals surface area contributed by atoms with Gasteiger partial charge in [0.05, 0.1) is 0 Å². The summed E-state index contributed by atoms with van der Waals surface area (Å²) in [4.78, 5) is 2.70. The molecule has 5 rings (SSSR count). The summed E-state index contributed by atoms with van der Waals surface area (Å²) >= 11 is 0. The fraction of sp³-hybridized carbons (Fsp3) is 1.00. The van der Waals surface area contributed by atoms with E-state index in [0.717, 1.165) is 23.2 Å². The zero-order valence-corrected chi connectivity index (χ0v) is 14.1. The Balaban J connectivity index is 0.000000735. The molecule has 0 aromatic heterocycles. The molecular weight excluding hydrogens is 291 g/mol. The van der Waals surface area contributed by atoms with Crippen LogP contribution in [0.1, 0.15) is 44.9 Å². The van der Waals surface area contributed by atoms with Crippen LogP contribution in [0.15, 0.2) is 0 Å². The Morgan fingerprint density at radius 1 is 0.850 bits per heavy atom. The normalized spacial score (nSPS) is 42.9. The van der Waals surface area contributed by atoms with Gasteiger partial charge in [-0.2, -0.15) is 0 Å². The predicted molar refractivity (Wildman–Crippen MR) is 89.0 cm³/mol. The molecule has 0 spiro atoms. The van der Waals surface area contributed by atoms with Crippen LogP contribution in [0.3, 0.4) is 0 Å². The van der Waals surface area contributed by atoms with Crippen molar-refractivity contribution in [1.29, 1.82) is 0 Å². The first-order valence-electron chi connectivity index (χ1n) is 8.24. The molecule has 0 amide bonds. The van der Waals surface area contributed by atoms with Gasteiger partial charge in [-0.15, -0.1) is 24.8 Å². The van der Waals surface area contributed by atoms with Crippen LogP contribution >= 0.6 is 24.8 Å². The lowest BCUT2D eigenvalue weighted by molar-refractivity contribution is -0.0612. The van der Waals surface area contributed by atoms with Crippen molar-refractivity contribution in [3.63, 3.8) is 0 Å². The molecule has 0 aromatic carbocycles. The Hall–Kier alpha value is 0.500. The van der Waals surface area contributed by atoms with E-state index in [0.29, 0.717) is 0 Å². The predicted octanol–water partition coefficient (Wildman–Crippen LogP) is 3.34. The van der Waals surface area contributed by atoms with Crippen LogP contribution in [0.25, 0.3) is 0 Å². The molecule has 1 saturated heterocycles. The van der Waals surface area contributed by atoms with Gasteiger partial charge in [-0.1, -0.05) is 0 Å². The number of nitrogens with zero attached hydrogens (tertiary/aromatic N) is 1. The average molecular weight is 321 g/mol. The van der Waals surface area contributed by atoms with E-state index in [1.54, 1.807) is 38.5 Å². The van der Waals surface area contributed by atoms with E-state index in [1.807, 2.05) is 0 Å². The largest absolute Gasteiger partial charge is 0.314 e. The van der Waals surface area contributed by atoms with E-state index in [1.165, 1.54) is 39.1 Å². The highest BCUT2D eigenvalue weighted by atomic mass is 35.5. The monoisotopic (exact) mass is 320 g/mol.